The third-order valence-electron chi connectivity index (χ3n) is 6.12. The molecule has 0 radical (unpaired) electrons. The second-order valence-corrected chi connectivity index (χ2v) is 8.01. The highest BCUT2D eigenvalue weighted by molar-refractivity contribution is 5.96. The maximum absolute atomic E-state index is 12.7. The van der Waals surface area contributed by atoms with Crippen molar-refractivity contribution in [1.82, 2.24) is 10.2 Å². The molecule has 0 unspecified atom stereocenters. The number of nitrogens with zero attached hydrogens (tertiary/aromatic N) is 1. The summed E-state index contributed by atoms with van der Waals surface area (Å²) in [5.41, 5.74) is 4.39. The minimum atomic E-state index is -0.182. The van der Waals surface area contributed by atoms with Gasteiger partial charge in [0.25, 0.3) is 5.91 Å². The Bertz CT molecular complexity index is 787. The van der Waals surface area contributed by atoms with E-state index in [1.54, 1.807) is 0 Å². The average Bonchev–Trinajstić information content (AvgIpc) is 2.95. The minimum Gasteiger partial charge on any atom is -0.319 e. The van der Waals surface area contributed by atoms with Gasteiger partial charge in [-0.2, -0.15) is 0 Å². The molecule has 28 heavy (non-hydrogen) atoms. The smallest absolute Gasteiger partial charge is 0.251 e. The highest BCUT2D eigenvalue weighted by Crippen LogP contribution is 2.32. The summed E-state index contributed by atoms with van der Waals surface area (Å²) in [6.45, 7) is 10.0. The largest absolute Gasteiger partial charge is 0.319 e. The number of amides is 1. The Hall–Kier alpha value is -2.39. The molecule has 0 aromatic heterocycles. The Balaban J connectivity index is 1.89. The van der Waals surface area contributed by atoms with Crippen LogP contribution in [0, 0.1) is 0 Å². The van der Waals surface area contributed by atoms with Crippen molar-refractivity contribution in [3.63, 3.8) is 0 Å². The first-order chi connectivity index (χ1) is 13.5. The molecule has 1 atom stereocenters. The summed E-state index contributed by atoms with van der Waals surface area (Å²) in [4.78, 5) is 14.7. The highest BCUT2D eigenvalue weighted by atomic mass is 16.2. The zero-order chi connectivity index (χ0) is 20.1. The van der Waals surface area contributed by atoms with Gasteiger partial charge in [0.15, 0.2) is 0 Å². The predicted molar refractivity (Wildman–Crippen MR) is 116 cm³/mol. The van der Waals surface area contributed by atoms with Crippen molar-refractivity contribution < 1.29 is 4.79 Å². The summed E-state index contributed by atoms with van der Waals surface area (Å²) >= 11 is 0. The number of rotatable bonds is 8. The molecule has 3 rings (SSSR count). The Morgan fingerprint density at radius 2 is 1.50 bits per heavy atom. The molecular formula is C25H32N2O. The van der Waals surface area contributed by atoms with E-state index in [0.29, 0.717) is 0 Å². The normalized spacial score (nSPS) is 17.5. The molecule has 1 amide bonds. The van der Waals surface area contributed by atoms with E-state index < -0.39 is 0 Å². The predicted octanol–water partition coefficient (Wildman–Crippen LogP) is 4.89. The van der Waals surface area contributed by atoms with Crippen molar-refractivity contribution in [2.75, 3.05) is 13.1 Å². The lowest BCUT2D eigenvalue weighted by atomic mass is 9.76. The van der Waals surface area contributed by atoms with E-state index >= 15 is 0 Å². The summed E-state index contributed by atoms with van der Waals surface area (Å²) in [7, 11) is 0. The highest BCUT2D eigenvalue weighted by Gasteiger charge is 2.36. The van der Waals surface area contributed by atoms with Crippen LogP contribution in [0.1, 0.15) is 51.7 Å². The lowest BCUT2D eigenvalue weighted by molar-refractivity contribution is -0.127. The number of carbonyl (C=O) groups is 1. The summed E-state index contributed by atoms with van der Waals surface area (Å²) in [5.74, 6) is 0.171. The average molecular weight is 377 g/mol. The summed E-state index contributed by atoms with van der Waals surface area (Å²) in [5, 5.41) is 3.74. The van der Waals surface area contributed by atoms with E-state index in [9.17, 15) is 4.79 Å². The zero-order valence-corrected chi connectivity index (χ0v) is 17.5. The SMILES string of the molecule is CCCCN1C(=O)C(C)=C(C)[C@@H]1NCC(C)(c1ccccc1)c1ccccc1. The van der Waals surface area contributed by atoms with Gasteiger partial charge in [0, 0.05) is 24.1 Å². The fourth-order valence-electron chi connectivity index (χ4n) is 4.05. The second kappa shape index (κ2) is 8.74. The van der Waals surface area contributed by atoms with Gasteiger partial charge >= 0.3 is 0 Å². The van der Waals surface area contributed by atoms with Crippen LogP contribution in [0.5, 0.6) is 0 Å². The fourth-order valence-corrected chi connectivity index (χ4v) is 4.05. The van der Waals surface area contributed by atoms with Crippen LogP contribution in [0.15, 0.2) is 71.8 Å². The van der Waals surface area contributed by atoms with E-state index in [1.807, 2.05) is 11.8 Å². The van der Waals surface area contributed by atoms with Crippen molar-refractivity contribution in [3.05, 3.63) is 82.9 Å². The van der Waals surface area contributed by atoms with Gasteiger partial charge in [-0.3, -0.25) is 10.1 Å². The van der Waals surface area contributed by atoms with Crippen molar-refractivity contribution in [1.29, 1.82) is 0 Å². The molecule has 0 spiro atoms. The summed E-state index contributed by atoms with van der Waals surface area (Å²) in [6, 6.07) is 21.3. The van der Waals surface area contributed by atoms with Gasteiger partial charge in [0.05, 0.1) is 0 Å². The molecule has 0 bridgehead atoms. The maximum atomic E-state index is 12.7. The van der Waals surface area contributed by atoms with Crippen molar-refractivity contribution >= 4 is 5.91 Å². The molecule has 2 aromatic rings. The molecule has 0 fully saturated rings. The monoisotopic (exact) mass is 376 g/mol. The van der Waals surface area contributed by atoms with Crippen LogP contribution < -0.4 is 5.32 Å². The zero-order valence-electron chi connectivity index (χ0n) is 17.5. The molecule has 1 aliphatic heterocycles. The third kappa shape index (κ3) is 3.90. The minimum absolute atomic E-state index is 0.0224. The van der Waals surface area contributed by atoms with E-state index in [0.717, 1.165) is 37.1 Å². The Morgan fingerprint density at radius 3 is 2.00 bits per heavy atom. The molecule has 2 aromatic carbocycles. The quantitative estimate of drug-likeness (QED) is 0.712. The Kier molecular flexibility index (Phi) is 6.35. The topological polar surface area (TPSA) is 32.3 Å². The van der Waals surface area contributed by atoms with Gasteiger partial charge in [-0.15, -0.1) is 0 Å². The van der Waals surface area contributed by atoms with Crippen LogP contribution in [0.3, 0.4) is 0 Å². The van der Waals surface area contributed by atoms with Gasteiger partial charge in [-0.05, 0) is 37.0 Å². The molecule has 1 N–H and O–H groups in total. The standard InChI is InChI=1S/C25H32N2O/c1-5-6-17-27-23(19(2)20(3)24(27)28)26-18-25(4,21-13-9-7-10-14-21)22-15-11-8-12-16-22/h7-16,23,26H,5-6,17-18H2,1-4H3/t23-/m1/s1. The van der Waals surface area contributed by atoms with Crippen LogP contribution in [0.2, 0.25) is 0 Å². The van der Waals surface area contributed by atoms with Crippen LogP contribution >= 0.6 is 0 Å². The molecule has 1 heterocycles. The van der Waals surface area contributed by atoms with E-state index in [2.05, 4.69) is 86.8 Å². The first kappa shape index (κ1) is 20.3. The summed E-state index contributed by atoms with van der Waals surface area (Å²) in [6.07, 6.45) is 2.09. The van der Waals surface area contributed by atoms with Crippen molar-refractivity contribution in [2.45, 2.75) is 52.1 Å². The molecule has 3 nitrogen and oxygen atoms in total. The molecular weight excluding hydrogens is 344 g/mol. The summed E-state index contributed by atoms with van der Waals surface area (Å²) < 4.78 is 0. The lowest BCUT2D eigenvalue weighted by Gasteiger charge is -2.35. The molecule has 0 saturated heterocycles. The first-order valence-electron chi connectivity index (χ1n) is 10.3. The number of unbranched alkanes of at least 4 members (excludes halogenated alkanes) is 1. The van der Waals surface area contributed by atoms with Gasteiger partial charge in [-0.25, -0.2) is 0 Å². The van der Waals surface area contributed by atoms with Gasteiger partial charge in [0.2, 0.25) is 0 Å². The van der Waals surface area contributed by atoms with E-state index in [4.69, 9.17) is 0 Å². The van der Waals surface area contributed by atoms with Crippen LogP contribution in [0.25, 0.3) is 0 Å². The number of nitrogens with one attached hydrogen (secondary N) is 1. The third-order valence-corrected chi connectivity index (χ3v) is 6.12. The number of hydrogen-bond donors (Lipinski definition) is 1. The van der Waals surface area contributed by atoms with Gasteiger partial charge < -0.3 is 4.90 Å². The van der Waals surface area contributed by atoms with E-state index in [-0.39, 0.29) is 17.5 Å². The van der Waals surface area contributed by atoms with Gasteiger partial charge in [-0.1, -0.05) is 80.9 Å². The Labute approximate surface area is 169 Å². The molecule has 0 aliphatic carbocycles. The molecule has 0 saturated carbocycles. The molecule has 3 heteroatoms. The van der Waals surface area contributed by atoms with Gasteiger partial charge in [0.1, 0.15) is 6.17 Å². The number of hydrogen-bond acceptors (Lipinski definition) is 2. The second-order valence-electron chi connectivity index (χ2n) is 8.01. The van der Waals surface area contributed by atoms with Crippen molar-refractivity contribution in [2.24, 2.45) is 0 Å². The number of carbonyl (C=O) groups excluding carboxylic acids is 1. The Morgan fingerprint density at radius 1 is 0.964 bits per heavy atom. The molecule has 1 aliphatic rings. The number of benzene rings is 2. The van der Waals surface area contributed by atoms with E-state index in [1.165, 1.54) is 11.1 Å². The molecule has 148 valence electrons. The first-order valence-corrected chi connectivity index (χ1v) is 10.3. The lowest BCUT2D eigenvalue weighted by Crippen LogP contribution is -2.50. The van der Waals surface area contributed by atoms with Crippen LogP contribution in [-0.2, 0) is 10.2 Å². The van der Waals surface area contributed by atoms with Crippen molar-refractivity contribution in [3.8, 4) is 0 Å². The van der Waals surface area contributed by atoms with Crippen LogP contribution in [-0.4, -0.2) is 30.1 Å². The maximum Gasteiger partial charge on any atom is 0.251 e. The fraction of sp³-hybridized carbons (Fsp3) is 0.400. The van der Waals surface area contributed by atoms with Crippen LogP contribution in [0.4, 0.5) is 0 Å².